The highest BCUT2D eigenvalue weighted by Gasteiger charge is 2.46. The van der Waals surface area contributed by atoms with Crippen LogP contribution in [0.4, 0.5) is 13.2 Å². The number of ether oxygens (including phenoxy) is 1. The molecule has 5 nitrogen and oxygen atoms in total. The molecule has 0 N–H and O–H groups in total. The lowest BCUT2D eigenvalue weighted by Crippen LogP contribution is -2.35. The molecular formula is C15H18F3NO4S. The first-order valence-electron chi connectivity index (χ1n) is 7.40. The normalized spacial score (nSPS) is 20.2. The number of halogens is 3. The number of benzene rings is 1. The van der Waals surface area contributed by atoms with E-state index < -0.39 is 39.8 Å². The molecule has 0 saturated heterocycles. The third kappa shape index (κ3) is 3.27. The van der Waals surface area contributed by atoms with Crippen LogP contribution in [-0.2, 0) is 25.7 Å². The van der Waals surface area contributed by atoms with Crippen molar-refractivity contribution in [2.24, 2.45) is 0 Å². The summed E-state index contributed by atoms with van der Waals surface area (Å²) in [4.78, 5) is 11.6. The monoisotopic (exact) mass is 365 g/mol. The van der Waals surface area contributed by atoms with Crippen LogP contribution in [0.1, 0.15) is 44.4 Å². The summed E-state index contributed by atoms with van der Waals surface area (Å²) in [6, 6.07) is 0.969. The number of esters is 1. The number of nitrogens with zero attached hydrogens (tertiary/aromatic N) is 1. The Hall–Kier alpha value is -1.61. The molecule has 1 atom stereocenters. The van der Waals surface area contributed by atoms with Crippen molar-refractivity contribution >= 4 is 16.0 Å². The molecule has 0 bridgehead atoms. The number of rotatable bonds is 4. The lowest BCUT2D eigenvalue weighted by molar-refractivity contribution is -0.144. The van der Waals surface area contributed by atoms with E-state index in [0.717, 1.165) is 22.5 Å². The molecule has 0 amide bonds. The van der Waals surface area contributed by atoms with Gasteiger partial charge < -0.3 is 4.74 Å². The van der Waals surface area contributed by atoms with Crippen molar-refractivity contribution in [1.82, 2.24) is 4.31 Å². The number of sulfonamides is 1. The van der Waals surface area contributed by atoms with Crippen LogP contribution in [0, 0.1) is 0 Å². The Bertz CT molecular complexity index is 744. The summed E-state index contributed by atoms with van der Waals surface area (Å²) in [7, 11) is -3.96. The molecule has 1 aliphatic rings. The topological polar surface area (TPSA) is 63.7 Å². The van der Waals surface area contributed by atoms with E-state index in [9.17, 15) is 26.4 Å². The molecule has 1 aliphatic heterocycles. The molecule has 1 heterocycles. The zero-order valence-electron chi connectivity index (χ0n) is 13.4. The Morgan fingerprint density at radius 2 is 1.96 bits per heavy atom. The fraction of sp³-hybridized carbons (Fsp3) is 0.533. The van der Waals surface area contributed by atoms with Gasteiger partial charge in [0, 0.05) is 6.04 Å². The Morgan fingerprint density at radius 3 is 2.46 bits per heavy atom. The largest absolute Gasteiger partial charge is 0.466 e. The maximum Gasteiger partial charge on any atom is 0.416 e. The maximum atomic E-state index is 13.0. The molecule has 9 heteroatoms. The maximum absolute atomic E-state index is 13.0. The van der Waals surface area contributed by atoms with Gasteiger partial charge in [-0.1, -0.05) is 0 Å². The van der Waals surface area contributed by atoms with Crippen LogP contribution in [-0.4, -0.2) is 31.3 Å². The number of alkyl halides is 3. The highest BCUT2D eigenvalue weighted by atomic mass is 32.2. The zero-order chi connectivity index (χ0) is 18.3. The van der Waals surface area contributed by atoms with Crippen LogP contribution in [0.2, 0.25) is 0 Å². The van der Waals surface area contributed by atoms with E-state index in [2.05, 4.69) is 0 Å². The predicted octanol–water partition coefficient (Wildman–Crippen LogP) is 3.11. The summed E-state index contributed by atoms with van der Waals surface area (Å²) >= 11 is 0. The number of hydrogen-bond donors (Lipinski definition) is 0. The molecule has 24 heavy (non-hydrogen) atoms. The summed E-state index contributed by atoms with van der Waals surface area (Å²) < 4.78 is 70.0. The van der Waals surface area contributed by atoms with Gasteiger partial charge in [0.25, 0.3) is 0 Å². The smallest absolute Gasteiger partial charge is 0.416 e. The fourth-order valence-corrected chi connectivity index (χ4v) is 4.89. The van der Waals surface area contributed by atoms with Gasteiger partial charge in [-0.25, -0.2) is 8.42 Å². The molecule has 1 aromatic carbocycles. The van der Waals surface area contributed by atoms with Gasteiger partial charge in [0.15, 0.2) is 0 Å². The molecule has 0 fully saturated rings. The molecule has 2 rings (SSSR count). The molecule has 1 aromatic rings. The Kier molecular flexibility index (Phi) is 4.96. The van der Waals surface area contributed by atoms with E-state index in [1.807, 2.05) is 0 Å². The third-order valence-electron chi connectivity index (χ3n) is 3.73. The number of hydrogen-bond acceptors (Lipinski definition) is 4. The summed E-state index contributed by atoms with van der Waals surface area (Å²) in [5.41, 5.74) is -0.970. The minimum Gasteiger partial charge on any atom is -0.466 e. The average Bonchev–Trinajstić information content (AvgIpc) is 2.65. The van der Waals surface area contributed by atoms with Crippen LogP contribution in [0.25, 0.3) is 0 Å². The van der Waals surface area contributed by atoms with E-state index in [-0.39, 0.29) is 23.5 Å². The molecule has 134 valence electrons. The van der Waals surface area contributed by atoms with Gasteiger partial charge >= 0.3 is 12.1 Å². The first-order chi connectivity index (χ1) is 11.0. The molecule has 0 aliphatic carbocycles. The lowest BCUT2D eigenvalue weighted by Gasteiger charge is -2.26. The standard InChI is InChI=1S/C15H18F3NO4S/c1-4-23-14(20)8-12-11-7-10(15(16,17)18)5-6-13(11)24(21,22)19(12)9(2)3/h5-7,9,12H,4,8H2,1-3H3/t12-/m0/s1. The summed E-state index contributed by atoms with van der Waals surface area (Å²) in [6.07, 6.45) is -4.93. The van der Waals surface area contributed by atoms with E-state index in [0.29, 0.717) is 0 Å². The van der Waals surface area contributed by atoms with Crippen LogP contribution >= 0.6 is 0 Å². The molecule has 0 unspecified atom stereocenters. The lowest BCUT2D eigenvalue weighted by atomic mass is 10.00. The van der Waals surface area contributed by atoms with Gasteiger partial charge in [0.2, 0.25) is 10.0 Å². The van der Waals surface area contributed by atoms with Crippen LogP contribution < -0.4 is 0 Å². The van der Waals surface area contributed by atoms with Gasteiger partial charge in [0.1, 0.15) is 0 Å². The first kappa shape index (κ1) is 18.7. The second-order valence-corrected chi connectivity index (χ2v) is 7.52. The van der Waals surface area contributed by atoms with Crippen molar-refractivity contribution in [2.45, 2.75) is 50.3 Å². The zero-order valence-corrected chi connectivity index (χ0v) is 14.2. The van der Waals surface area contributed by atoms with Crippen molar-refractivity contribution in [3.8, 4) is 0 Å². The molecule has 0 saturated carbocycles. The molecule has 0 radical (unpaired) electrons. The van der Waals surface area contributed by atoms with Crippen LogP contribution in [0.5, 0.6) is 0 Å². The molecular weight excluding hydrogens is 347 g/mol. The van der Waals surface area contributed by atoms with Crippen molar-refractivity contribution in [3.63, 3.8) is 0 Å². The highest BCUT2D eigenvalue weighted by Crippen LogP contribution is 2.45. The van der Waals surface area contributed by atoms with Gasteiger partial charge in [-0.05, 0) is 44.5 Å². The van der Waals surface area contributed by atoms with Crippen molar-refractivity contribution in [1.29, 1.82) is 0 Å². The molecule has 0 spiro atoms. The van der Waals surface area contributed by atoms with E-state index in [4.69, 9.17) is 4.74 Å². The summed E-state index contributed by atoms with van der Waals surface area (Å²) in [5, 5.41) is 0. The van der Waals surface area contributed by atoms with E-state index >= 15 is 0 Å². The quantitative estimate of drug-likeness (QED) is 0.769. The fourth-order valence-electron chi connectivity index (χ4n) is 2.85. The van der Waals surface area contributed by atoms with Crippen LogP contribution in [0.3, 0.4) is 0 Å². The SMILES string of the molecule is CCOC(=O)C[C@H]1c2cc(C(F)(F)F)ccc2S(=O)(=O)N1C(C)C. The van der Waals surface area contributed by atoms with Gasteiger partial charge in [-0.3, -0.25) is 4.79 Å². The van der Waals surface area contributed by atoms with Crippen molar-refractivity contribution < 1.29 is 31.1 Å². The van der Waals surface area contributed by atoms with Crippen molar-refractivity contribution in [2.75, 3.05) is 6.61 Å². The molecule has 0 aromatic heterocycles. The average molecular weight is 365 g/mol. The minimum atomic E-state index is -4.60. The number of carbonyl (C=O) groups excluding carboxylic acids is 1. The van der Waals surface area contributed by atoms with Gasteiger partial charge in [-0.2, -0.15) is 17.5 Å². The van der Waals surface area contributed by atoms with Gasteiger partial charge in [-0.15, -0.1) is 0 Å². The van der Waals surface area contributed by atoms with E-state index in [1.165, 1.54) is 0 Å². The first-order valence-corrected chi connectivity index (χ1v) is 8.84. The highest BCUT2D eigenvalue weighted by molar-refractivity contribution is 7.89. The Morgan fingerprint density at radius 1 is 1.33 bits per heavy atom. The summed E-state index contributed by atoms with van der Waals surface area (Å²) in [6.45, 7) is 4.91. The third-order valence-corrected chi connectivity index (χ3v) is 5.89. The van der Waals surface area contributed by atoms with Crippen LogP contribution in [0.15, 0.2) is 23.1 Å². The van der Waals surface area contributed by atoms with E-state index in [1.54, 1.807) is 20.8 Å². The van der Waals surface area contributed by atoms with Gasteiger partial charge in [0.05, 0.1) is 29.5 Å². The second-order valence-electron chi connectivity index (χ2n) is 5.70. The minimum absolute atomic E-state index is 0.0217. The summed E-state index contributed by atoms with van der Waals surface area (Å²) in [5.74, 6) is -0.659. The predicted molar refractivity (Wildman–Crippen MR) is 79.6 cm³/mol. The number of fused-ring (bicyclic) bond motifs is 1. The Balaban J connectivity index is 2.58. The number of carbonyl (C=O) groups is 1. The van der Waals surface area contributed by atoms with Crippen molar-refractivity contribution in [3.05, 3.63) is 29.3 Å². The second kappa shape index (κ2) is 6.36. The Labute approximate surface area is 138 Å².